The van der Waals surface area contributed by atoms with Gasteiger partial charge in [0, 0.05) is 38.1 Å². The zero-order chi connectivity index (χ0) is 32.5. The highest BCUT2D eigenvalue weighted by Crippen LogP contribution is 2.50. The lowest BCUT2D eigenvalue weighted by Gasteiger charge is -2.18. The molecular weight excluding hydrogens is 617 g/mol. The van der Waals surface area contributed by atoms with Gasteiger partial charge in [-0.15, -0.1) is 0 Å². The second-order valence-corrected chi connectivity index (χ2v) is 13.1. The largest absolute Gasteiger partial charge is 0.464 e. The van der Waals surface area contributed by atoms with Crippen molar-refractivity contribution in [3.8, 4) is 22.3 Å². The lowest BCUT2D eigenvalue weighted by Crippen LogP contribution is -1.91. The van der Waals surface area contributed by atoms with Crippen molar-refractivity contribution >= 4 is 98.3 Å². The number of benzene rings is 8. The molecule has 0 amide bonds. The first-order chi connectivity index (χ1) is 24.8. The van der Waals surface area contributed by atoms with Crippen LogP contribution in [-0.2, 0) is 0 Å². The van der Waals surface area contributed by atoms with E-state index in [1.807, 2.05) is 30.3 Å². The van der Waals surface area contributed by atoms with Crippen molar-refractivity contribution in [2.45, 2.75) is 0 Å². The van der Waals surface area contributed by atoms with Crippen LogP contribution >= 0.6 is 0 Å². The Morgan fingerprint density at radius 3 is 1.66 bits per heavy atom. The molecule has 0 aliphatic rings. The van der Waals surface area contributed by atoms with Crippen LogP contribution in [0.15, 0.2) is 163 Å². The molecule has 0 unspecified atom stereocenters. The molecule has 0 aliphatic carbocycles. The molecule has 0 radical (unpaired) electrons. The average molecular weight is 641 g/mol. The normalized spacial score (nSPS) is 12.4. The van der Waals surface area contributed by atoms with E-state index >= 15 is 0 Å². The van der Waals surface area contributed by atoms with Crippen LogP contribution in [0.3, 0.4) is 0 Å². The fourth-order valence-electron chi connectivity index (χ4n) is 8.51. The molecule has 0 bridgehead atoms. The van der Waals surface area contributed by atoms with Crippen molar-refractivity contribution in [2.24, 2.45) is 0 Å². The molecule has 0 saturated heterocycles. The first-order valence-corrected chi connectivity index (χ1v) is 16.8. The minimum absolute atomic E-state index is 0.816. The summed E-state index contributed by atoms with van der Waals surface area (Å²) in [6.07, 6.45) is 1.75. The quantitative estimate of drug-likeness (QED) is 0.176. The number of hydrogen-bond acceptors (Lipinski definition) is 4. The Morgan fingerprint density at radius 1 is 0.300 bits per heavy atom. The predicted octanol–water partition coefficient (Wildman–Crippen LogP) is 13.8. The van der Waals surface area contributed by atoms with Gasteiger partial charge in [-0.2, -0.15) is 0 Å². The fraction of sp³-hybridized carbons (Fsp3) is 0. The lowest BCUT2D eigenvalue weighted by atomic mass is 9.84. The maximum Gasteiger partial charge on any atom is 0.147 e. The standard InChI is InChI=1S/C46H24O4/c1-3-11-28-26(9-1)39(33-15-8-18-36-41(33)43-38(49-36)21-19-25-23-24-47-44(25)43)27-10-2-4-12-29(27)40(28)34-16-7-14-30-31-20-22-37-42(46(31)50-45(30)34)32-13-5-6-17-35(32)48-37/h1-24H. The van der Waals surface area contributed by atoms with E-state index in [1.165, 1.54) is 5.56 Å². The monoisotopic (exact) mass is 640 g/mol. The van der Waals surface area contributed by atoms with Gasteiger partial charge in [0.05, 0.1) is 17.0 Å². The molecule has 4 heteroatoms. The minimum atomic E-state index is 0.816. The number of furan rings is 4. The Kier molecular flexibility index (Phi) is 4.94. The van der Waals surface area contributed by atoms with Gasteiger partial charge in [-0.25, -0.2) is 0 Å². The molecule has 50 heavy (non-hydrogen) atoms. The van der Waals surface area contributed by atoms with Crippen LogP contribution < -0.4 is 0 Å². The first kappa shape index (κ1) is 26.2. The Hall–Kier alpha value is -6.78. The molecule has 0 saturated carbocycles. The van der Waals surface area contributed by atoms with Crippen molar-refractivity contribution < 1.29 is 17.7 Å². The van der Waals surface area contributed by atoms with Gasteiger partial charge >= 0.3 is 0 Å². The summed E-state index contributed by atoms with van der Waals surface area (Å²) in [5.41, 5.74) is 10.4. The fourth-order valence-corrected chi connectivity index (χ4v) is 8.51. The zero-order valence-corrected chi connectivity index (χ0v) is 26.5. The Bertz CT molecular complexity index is 3330. The van der Waals surface area contributed by atoms with Crippen LogP contribution in [0.25, 0.3) is 121 Å². The molecule has 12 rings (SSSR count). The molecule has 0 spiro atoms. The number of rotatable bonds is 2. The van der Waals surface area contributed by atoms with Crippen molar-refractivity contribution in [2.75, 3.05) is 0 Å². The summed E-state index contributed by atoms with van der Waals surface area (Å²) in [5.74, 6) is 0. The van der Waals surface area contributed by atoms with Crippen molar-refractivity contribution in [3.05, 3.63) is 146 Å². The summed E-state index contributed by atoms with van der Waals surface area (Å²) in [4.78, 5) is 0. The van der Waals surface area contributed by atoms with E-state index in [9.17, 15) is 0 Å². The second kappa shape index (κ2) is 9.43. The second-order valence-electron chi connectivity index (χ2n) is 13.1. The predicted molar refractivity (Wildman–Crippen MR) is 204 cm³/mol. The maximum absolute atomic E-state index is 6.98. The summed E-state index contributed by atoms with van der Waals surface area (Å²) in [5, 5.41) is 12.0. The highest BCUT2D eigenvalue weighted by atomic mass is 16.4. The van der Waals surface area contributed by atoms with Gasteiger partial charge in [-0.05, 0) is 75.1 Å². The minimum Gasteiger partial charge on any atom is -0.464 e. The third kappa shape index (κ3) is 3.30. The van der Waals surface area contributed by atoms with Crippen molar-refractivity contribution in [1.82, 2.24) is 0 Å². The van der Waals surface area contributed by atoms with Gasteiger partial charge in [-0.3, -0.25) is 0 Å². The van der Waals surface area contributed by atoms with E-state index in [1.54, 1.807) is 6.26 Å². The molecule has 8 aromatic carbocycles. The molecule has 0 aliphatic heterocycles. The van der Waals surface area contributed by atoms with Gasteiger partial charge in [0.1, 0.15) is 39.1 Å². The third-order valence-electron chi connectivity index (χ3n) is 10.6. The number of para-hydroxylation sites is 2. The molecule has 232 valence electrons. The maximum atomic E-state index is 6.98. The summed E-state index contributed by atoms with van der Waals surface area (Å²) in [7, 11) is 0. The molecule has 12 aromatic rings. The van der Waals surface area contributed by atoms with E-state index in [4.69, 9.17) is 17.7 Å². The Labute approximate surface area is 283 Å². The lowest BCUT2D eigenvalue weighted by molar-refractivity contribution is 0.618. The van der Waals surface area contributed by atoms with Crippen LogP contribution in [0.1, 0.15) is 0 Å². The molecule has 4 heterocycles. The van der Waals surface area contributed by atoms with Crippen LogP contribution in [0.2, 0.25) is 0 Å². The van der Waals surface area contributed by atoms with E-state index in [2.05, 4.69) is 109 Å². The number of fused-ring (bicyclic) bond motifs is 14. The third-order valence-corrected chi connectivity index (χ3v) is 10.6. The zero-order valence-electron chi connectivity index (χ0n) is 26.5. The van der Waals surface area contributed by atoms with Crippen molar-refractivity contribution in [1.29, 1.82) is 0 Å². The van der Waals surface area contributed by atoms with Gasteiger partial charge in [0.2, 0.25) is 0 Å². The molecular formula is C46H24O4. The average Bonchev–Trinajstić information content (AvgIpc) is 3.95. The Balaban J connectivity index is 1.22. The summed E-state index contributed by atoms with van der Waals surface area (Å²) in [6, 6.07) is 48.8. The van der Waals surface area contributed by atoms with E-state index < -0.39 is 0 Å². The summed E-state index contributed by atoms with van der Waals surface area (Å²) >= 11 is 0. The first-order valence-electron chi connectivity index (χ1n) is 16.8. The summed E-state index contributed by atoms with van der Waals surface area (Å²) in [6.45, 7) is 0. The van der Waals surface area contributed by atoms with Crippen LogP contribution in [-0.4, -0.2) is 0 Å². The SMILES string of the molecule is c1ccc2c(c1)oc1ccc3c4cccc(-c5c6ccccc6c(-c6cccc7oc8ccc9ccoc9c8c67)c6ccccc56)c4oc3c12. The van der Waals surface area contributed by atoms with Crippen LogP contribution in [0.4, 0.5) is 0 Å². The van der Waals surface area contributed by atoms with E-state index in [0.29, 0.717) is 0 Å². The van der Waals surface area contributed by atoms with Gasteiger partial charge in [0.15, 0.2) is 0 Å². The van der Waals surface area contributed by atoms with E-state index in [0.717, 1.165) is 115 Å². The van der Waals surface area contributed by atoms with Gasteiger partial charge in [0.25, 0.3) is 0 Å². The van der Waals surface area contributed by atoms with Crippen LogP contribution in [0.5, 0.6) is 0 Å². The van der Waals surface area contributed by atoms with E-state index in [-0.39, 0.29) is 0 Å². The molecule has 0 N–H and O–H groups in total. The highest BCUT2D eigenvalue weighted by Gasteiger charge is 2.24. The van der Waals surface area contributed by atoms with Gasteiger partial charge in [-0.1, -0.05) is 97.1 Å². The number of hydrogen-bond donors (Lipinski definition) is 0. The van der Waals surface area contributed by atoms with Crippen LogP contribution in [0, 0.1) is 0 Å². The topological polar surface area (TPSA) is 52.6 Å². The highest BCUT2D eigenvalue weighted by molar-refractivity contribution is 6.30. The smallest absolute Gasteiger partial charge is 0.147 e. The Morgan fingerprint density at radius 2 is 0.860 bits per heavy atom. The molecule has 0 fully saturated rings. The molecule has 4 aromatic heterocycles. The van der Waals surface area contributed by atoms with Gasteiger partial charge < -0.3 is 17.7 Å². The summed E-state index contributed by atoms with van der Waals surface area (Å²) < 4.78 is 25.7. The van der Waals surface area contributed by atoms with Crippen molar-refractivity contribution in [3.63, 3.8) is 0 Å². The molecule has 4 nitrogen and oxygen atoms in total. The molecule has 0 atom stereocenters.